The Morgan fingerprint density at radius 2 is 1.71 bits per heavy atom. The van der Waals surface area contributed by atoms with Gasteiger partial charge in [-0.3, -0.25) is 14.9 Å². The summed E-state index contributed by atoms with van der Waals surface area (Å²) in [6.45, 7) is 8.55. The molecule has 1 heterocycles. The van der Waals surface area contributed by atoms with Crippen LogP contribution in [0.2, 0.25) is 0 Å². The molecule has 0 bridgehead atoms. The van der Waals surface area contributed by atoms with Crippen LogP contribution in [0.3, 0.4) is 0 Å². The Bertz CT molecular complexity index is 938. The molecule has 31 heavy (non-hydrogen) atoms. The molecule has 0 aromatic heterocycles. The van der Waals surface area contributed by atoms with Crippen LogP contribution in [0, 0.1) is 0 Å². The summed E-state index contributed by atoms with van der Waals surface area (Å²) in [5, 5.41) is 5.96. The Balaban J connectivity index is 1.53. The lowest BCUT2D eigenvalue weighted by Gasteiger charge is -2.35. The van der Waals surface area contributed by atoms with Gasteiger partial charge in [-0.05, 0) is 68.5 Å². The minimum atomic E-state index is -0.299. The molecule has 1 aliphatic heterocycles. The summed E-state index contributed by atoms with van der Waals surface area (Å²) in [7, 11) is 0. The molecular weight excluding hydrogens is 412 g/mol. The average molecular weight is 441 g/mol. The first kappa shape index (κ1) is 22.6. The predicted octanol–water partition coefficient (Wildman–Crippen LogP) is 3.27. The van der Waals surface area contributed by atoms with Gasteiger partial charge in [0.25, 0.3) is 5.91 Å². The number of piperazine rings is 1. The molecule has 0 radical (unpaired) electrons. The first-order valence-corrected chi connectivity index (χ1v) is 10.7. The molecule has 1 fully saturated rings. The summed E-state index contributed by atoms with van der Waals surface area (Å²) in [6, 6.07) is 14.8. The van der Waals surface area contributed by atoms with Crippen LogP contribution in [0.15, 0.2) is 48.5 Å². The Morgan fingerprint density at radius 1 is 1.03 bits per heavy atom. The van der Waals surface area contributed by atoms with Crippen molar-refractivity contribution in [3.05, 3.63) is 54.1 Å². The van der Waals surface area contributed by atoms with Crippen LogP contribution < -0.4 is 20.3 Å². The number of ether oxygens (including phenoxy) is 1. The maximum atomic E-state index is 12.5. The van der Waals surface area contributed by atoms with Crippen molar-refractivity contribution < 1.29 is 14.3 Å². The van der Waals surface area contributed by atoms with Crippen LogP contribution in [0.25, 0.3) is 0 Å². The van der Waals surface area contributed by atoms with Crippen molar-refractivity contribution >= 4 is 40.5 Å². The van der Waals surface area contributed by atoms with E-state index in [4.69, 9.17) is 17.0 Å². The van der Waals surface area contributed by atoms with Crippen LogP contribution in [0.4, 0.5) is 11.4 Å². The molecule has 0 atom stereocenters. The molecule has 2 aromatic rings. The van der Waals surface area contributed by atoms with E-state index in [2.05, 4.69) is 15.5 Å². The number of amides is 2. The van der Waals surface area contributed by atoms with Crippen molar-refractivity contribution in [2.75, 3.05) is 36.4 Å². The van der Waals surface area contributed by atoms with Crippen LogP contribution in [-0.4, -0.2) is 54.1 Å². The van der Waals surface area contributed by atoms with Crippen LogP contribution in [0.5, 0.6) is 5.75 Å². The molecule has 1 saturated heterocycles. The number of nitrogens with one attached hydrogen (secondary N) is 2. The second-order valence-corrected chi connectivity index (χ2v) is 8.05. The van der Waals surface area contributed by atoms with E-state index in [-0.39, 0.29) is 23.0 Å². The molecule has 8 heteroatoms. The predicted molar refractivity (Wildman–Crippen MR) is 127 cm³/mol. The summed E-state index contributed by atoms with van der Waals surface area (Å²) in [5.41, 5.74) is 2.35. The standard InChI is InChI=1S/C23H28N4O3S/c1-16(2)30-21-6-4-5-18(15-21)22(29)25-23(31)24-19-7-9-20(10-8-19)27-13-11-26(12-14-27)17(3)28/h4-10,15-16H,11-14H2,1-3H3,(H2,24,25,29,31). The smallest absolute Gasteiger partial charge is 0.257 e. The molecule has 0 unspecified atom stereocenters. The van der Waals surface area contributed by atoms with Crippen LogP contribution in [-0.2, 0) is 4.79 Å². The average Bonchev–Trinajstić information content (AvgIpc) is 2.74. The highest BCUT2D eigenvalue weighted by Crippen LogP contribution is 2.20. The van der Waals surface area contributed by atoms with Crippen molar-refractivity contribution in [2.24, 2.45) is 0 Å². The normalized spacial score (nSPS) is 13.7. The van der Waals surface area contributed by atoms with Gasteiger partial charge in [0, 0.05) is 50.0 Å². The zero-order valence-corrected chi connectivity index (χ0v) is 18.9. The number of hydrogen-bond donors (Lipinski definition) is 2. The van der Waals surface area contributed by atoms with Gasteiger partial charge in [0.05, 0.1) is 6.10 Å². The lowest BCUT2D eigenvalue weighted by molar-refractivity contribution is -0.129. The molecule has 2 N–H and O–H groups in total. The molecule has 164 valence electrons. The minimum absolute atomic E-state index is 0.0297. The molecule has 3 rings (SSSR count). The van der Waals surface area contributed by atoms with Gasteiger partial charge in [0.2, 0.25) is 5.91 Å². The van der Waals surface area contributed by atoms with Gasteiger partial charge in [-0.2, -0.15) is 0 Å². The molecule has 0 saturated carbocycles. The van der Waals surface area contributed by atoms with Gasteiger partial charge in [0.1, 0.15) is 5.75 Å². The highest BCUT2D eigenvalue weighted by atomic mass is 32.1. The van der Waals surface area contributed by atoms with E-state index in [1.165, 1.54) is 0 Å². The maximum absolute atomic E-state index is 12.5. The quantitative estimate of drug-likeness (QED) is 0.696. The van der Waals surface area contributed by atoms with E-state index >= 15 is 0 Å². The summed E-state index contributed by atoms with van der Waals surface area (Å²) in [6.07, 6.45) is 0.0297. The Kier molecular flexibility index (Phi) is 7.46. The summed E-state index contributed by atoms with van der Waals surface area (Å²) < 4.78 is 5.63. The molecule has 1 aliphatic rings. The monoisotopic (exact) mass is 440 g/mol. The van der Waals surface area contributed by atoms with Crippen molar-refractivity contribution in [1.82, 2.24) is 10.2 Å². The Labute approximate surface area is 188 Å². The lowest BCUT2D eigenvalue weighted by atomic mass is 10.2. The van der Waals surface area contributed by atoms with Gasteiger partial charge in [0.15, 0.2) is 5.11 Å². The maximum Gasteiger partial charge on any atom is 0.257 e. The highest BCUT2D eigenvalue weighted by molar-refractivity contribution is 7.80. The van der Waals surface area contributed by atoms with E-state index in [1.807, 2.05) is 49.1 Å². The van der Waals surface area contributed by atoms with E-state index in [0.717, 1.165) is 37.6 Å². The zero-order valence-electron chi connectivity index (χ0n) is 18.1. The first-order valence-electron chi connectivity index (χ1n) is 10.3. The second kappa shape index (κ2) is 10.3. The molecule has 0 aliphatic carbocycles. The SMILES string of the molecule is CC(=O)N1CCN(c2ccc(NC(=S)NC(=O)c3cccc(OC(C)C)c3)cc2)CC1. The summed E-state index contributed by atoms with van der Waals surface area (Å²) in [5.74, 6) is 0.460. The van der Waals surface area contributed by atoms with Crippen LogP contribution >= 0.6 is 12.2 Å². The largest absolute Gasteiger partial charge is 0.491 e. The number of carbonyl (C=O) groups is 2. The number of nitrogens with zero attached hydrogens (tertiary/aromatic N) is 2. The molecular formula is C23H28N4O3S. The first-order chi connectivity index (χ1) is 14.8. The summed E-state index contributed by atoms with van der Waals surface area (Å²) >= 11 is 5.29. The number of hydrogen-bond acceptors (Lipinski definition) is 5. The van der Waals surface area contributed by atoms with Gasteiger partial charge in [-0.15, -0.1) is 0 Å². The number of anilines is 2. The third-order valence-corrected chi connectivity index (χ3v) is 5.11. The van der Waals surface area contributed by atoms with Gasteiger partial charge in [-0.1, -0.05) is 6.07 Å². The summed E-state index contributed by atoms with van der Waals surface area (Å²) in [4.78, 5) is 28.1. The van der Waals surface area contributed by atoms with Crippen LogP contribution in [0.1, 0.15) is 31.1 Å². The second-order valence-electron chi connectivity index (χ2n) is 7.64. The number of rotatable bonds is 5. The Hall–Kier alpha value is -3.13. The third-order valence-electron chi connectivity index (χ3n) is 4.91. The number of benzene rings is 2. The van der Waals surface area contributed by atoms with Crippen molar-refractivity contribution in [1.29, 1.82) is 0 Å². The van der Waals surface area contributed by atoms with E-state index in [0.29, 0.717) is 11.3 Å². The Morgan fingerprint density at radius 3 is 2.32 bits per heavy atom. The molecule has 7 nitrogen and oxygen atoms in total. The van der Waals surface area contributed by atoms with E-state index in [1.54, 1.807) is 25.1 Å². The zero-order chi connectivity index (χ0) is 22.4. The highest BCUT2D eigenvalue weighted by Gasteiger charge is 2.18. The third kappa shape index (κ3) is 6.42. The number of carbonyl (C=O) groups excluding carboxylic acids is 2. The fourth-order valence-electron chi connectivity index (χ4n) is 3.36. The fraction of sp³-hybridized carbons (Fsp3) is 0.348. The van der Waals surface area contributed by atoms with Gasteiger partial charge < -0.3 is 19.9 Å². The molecule has 2 amide bonds. The van der Waals surface area contributed by atoms with Crippen molar-refractivity contribution in [2.45, 2.75) is 26.9 Å². The van der Waals surface area contributed by atoms with E-state index in [9.17, 15) is 9.59 Å². The lowest BCUT2D eigenvalue weighted by Crippen LogP contribution is -2.48. The topological polar surface area (TPSA) is 73.9 Å². The molecule has 2 aromatic carbocycles. The van der Waals surface area contributed by atoms with Crippen molar-refractivity contribution in [3.63, 3.8) is 0 Å². The van der Waals surface area contributed by atoms with Gasteiger partial charge in [-0.25, -0.2) is 0 Å². The van der Waals surface area contributed by atoms with Crippen molar-refractivity contribution in [3.8, 4) is 5.75 Å². The minimum Gasteiger partial charge on any atom is -0.491 e. The molecule has 0 spiro atoms. The fourth-order valence-corrected chi connectivity index (χ4v) is 3.57. The van der Waals surface area contributed by atoms with Gasteiger partial charge >= 0.3 is 0 Å². The van der Waals surface area contributed by atoms with E-state index < -0.39 is 0 Å². The number of thiocarbonyl (C=S) groups is 1.